The minimum atomic E-state index is -0.0228. The summed E-state index contributed by atoms with van der Waals surface area (Å²) in [6, 6.07) is 11.9. The van der Waals surface area contributed by atoms with Crippen LogP contribution in [0, 0.1) is 0 Å². The highest BCUT2D eigenvalue weighted by atomic mass is 35.5. The first-order valence-electron chi connectivity index (χ1n) is 5.45. The molecule has 0 aliphatic heterocycles. The lowest BCUT2D eigenvalue weighted by Crippen LogP contribution is -2.02. The van der Waals surface area contributed by atoms with E-state index in [-0.39, 0.29) is 17.4 Å². The van der Waals surface area contributed by atoms with Crippen LogP contribution in [0.2, 0.25) is 5.02 Å². The van der Waals surface area contributed by atoms with Crippen molar-refractivity contribution in [3.63, 3.8) is 0 Å². The van der Waals surface area contributed by atoms with Crippen LogP contribution in [0.5, 0.6) is 11.5 Å². The van der Waals surface area contributed by atoms with Crippen molar-refractivity contribution in [3.05, 3.63) is 58.6 Å². The molecule has 0 saturated heterocycles. The van der Waals surface area contributed by atoms with E-state index in [1.807, 2.05) is 12.1 Å². The largest absolute Gasteiger partial charge is 0.508 e. The first-order valence-corrected chi connectivity index (χ1v) is 6.36. The summed E-state index contributed by atoms with van der Waals surface area (Å²) >= 11 is 11.9. The van der Waals surface area contributed by atoms with E-state index in [9.17, 15) is 10.2 Å². The van der Waals surface area contributed by atoms with Gasteiger partial charge in [0.2, 0.25) is 0 Å². The molecular weight excluding hydrogens is 271 g/mol. The molecule has 0 bridgehead atoms. The van der Waals surface area contributed by atoms with Gasteiger partial charge >= 0.3 is 0 Å². The minimum absolute atomic E-state index is 0.0228. The van der Waals surface area contributed by atoms with Crippen LogP contribution >= 0.6 is 23.2 Å². The van der Waals surface area contributed by atoms with Gasteiger partial charge in [-0.15, -0.1) is 11.6 Å². The average Bonchev–Trinajstić information content (AvgIpc) is 2.37. The molecular formula is C14H12Cl2O2. The smallest absolute Gasteiger partial charge is 0.134 e. The molecule has 2 nitrogen and oxygen atoms in total. The fourth-order valence-corrected chi connectivity index (χ4v) is 2.36. The van der Waals surface area contributed by atoms with Gasteiger partial charge in [0.15, 0.2) is 0 Å². The number of phenols is 2. The van der Waals surface area contributed by atoms with Crippen LogP contribution in [0.3, 0.4) is 0 Å². The molecule has 1 unspecified atom stereocenters. The molecule has 0 saturated carbocycles. The quantitative estimate of drug-likeness (QED) is 0.832. The van der Waals surface area contributed by atoms with Gasteiger partial charge < -0.3 is 10.2 Å². The molecule has 1 atom stereocenters. The minimum Gasteiger partial charge on any atom is -0.508 e. The van der Waals surface area contributed by atoms with E-state index in [4.69, 9.17) is 23.2 Å². The van der Waals surface area contributed by atoms with Crippen LogP contribution in [0.4, 0.5) is 0 Å². The van der Waals surface area contributed by atoms with Crippen LogP contribution in [0.25, 0.3) is 0 Å². The standard InChI is InChI=1S/C14H12Cl2O2/c15-8-12(9-1-4-11(17)5-2-9)10-3-6-14(18)13(16)7-10/h1-7,12,17-18H,8H2. The monoisotopic (exact) mass is 282 g/mol. The van der Waals surface area contributed by atoms with Crippen molar-refractivity contribution < 1.29 is 10.2 Å². The normalized spacial score (nSPS) is 12.3. The summed E-state index contributed by atoms with van der Waals surface area (Å²) in [5.74, 6) is 0.645. The molecule has 0 fully saturated rings. The second kappa shape index (κ2) is 5.51. The van der Waals surface area contributed by atoms with Crippen molar-refractivity contribution in [2.45, 2.75) is 5.92 Å². The lowest BCUT2D eigenvalue weighted by Gasteiger charge is -2.15. The molecule has 4 heteroatoms. The Morgan fingerprint density at radius 1 is 0.944 bits per heavy atom. The number of phenolic OH excluding ortho intramolecular Hbond substituents is 2. The third-order valence-corrected chi connectivity index (χ3v) is 3.44. The van der Waals surface area contributed by atoms with Crippen molar-refractivity contribution in [2.24, 2.45) is 0 Å². The van der Waals surface area contributed by atoms with Gasteiger partial charge in [0.25, 0.3) is 0 Å². The molecule has 94 valence electrons. The predicted octanol–water partition coefficient (Wildman–Crippen LogP) is 4.12. The molecule has 0 aliphatic carbocycles. The summed E-state index contributed by atoms with van der Waals surface area (Å²) < 4.78 is 0. The zero-order valence-electron chi connectivity index (χ0n) is 9.48. The maximum atomic E-state index is 9.41. The molecule has 18 heavy (non-hydrogen) atoms. The summed E-state index contributed by atoms with van der Waals surface area (Å²) in [7, 11) is 0. The molecule has 0 spiro atoms. The highest BCUT2D eigenvalue weighted by Crippen LogP contribution is 2.32. The zero-order valence-corrected chi connectivity index (χ0v) is 11.0. The first kappa shape index (κ1) is 13.1. The summed E-state index contributed by atoms with van der Waals surface area (Å²) in [6.07, 6.45) is 0. The van der Waals surface area contributed by atoms with Gasteiger partial charge in [0.1, 0.15) is 11.5 Å². The van der Waals surface area contributed by atoms with E-state index in [1.165, 1.54) is 0 Å². The maximum Gasteiger partial charge on any atom is 0.134 e. The first-order chi connectivity index (χ1) is 8.61. The van der Waals surface area contributed by atoms with Crippen LogP contribution in [-0.4, -0.2) is 16.1 Å². The number of rotatable bonds is 3. The molecule has 0 aromatic heterocycles. The van der Waals surface area contributed by atoms with E-state index in [0.29, 0.717) is 10.9 Å². The van der Waals surface area contributed by atoms with E-state index < -0.39 is 0 Å². The lowest BCUT2D eigenvalue weighted by atomic mass is 9.93. The lowest BCUT2D eigenvalue weighted by molar-refractivity contribution is 0.475. The Morgan fingerprint density at radius 2 is 1.56 bits per heavy atom. The molecule has 0 amide bonds. The predicted molar refractivity (Wildman–Crippen MR) is 73.8 cm³/mol. The fraction of sp³-hybridized carbons (Fsp3) is 0.143. The Bertz CT molecular complexity index is 538. The van der Waals surface area contributed by atoms with E-state index in [2.05, 4.69) is 0 Å². The van der Waals surface area contributed by atoms with Crippen molar-refractivity contribution in [1.82, 2.24) is 0 Å². The van der Waals surface area contributed by atoms with Gasteiger partial charge in [-0.05, 0) is 35.4 Å². The number of hydrogen-bond acceptors (Lipinski definition) is 2. The van der Waals surface area contributed by atoms with Gasteiger partial charge in [0.05, 0.1) is 5.02 Å². The van der Waals surface area contributed by atoms with Gasteiger partial charge in [-0.2, -0.15) is 0 Å². The second-order valence-corrected chi connectivity index (χ2v) is 4.73. The summed E-state index contributed by atoms with van der Waals surface area (Å²) in [4.78, 5) is 0. The highest BCUT2D eigenvalue weighted by molar-refractivity contribution is 6.32. The number of aromatic hydroxyl groups is 2. The van der Waals surface area contributed by atoms with Crippen LogP contribution in [0.1, 0.15) is 17.0 Å². The third kappa shape index (κ3) is 2.71. The highest BCUT2D eigenvalue weighted by Gasteiger charge is 2.14. The number of hydrogen-bond donors (Lipinski definition) is 2. The van der Waals surface area contributed by atoms with E-state index in [1.54, 1.807) is 30.3 Å². The van der Waals surface area contributed by atoms with E-state index in [0.717, 1.165) is 11.1 Å². The SMILES string of the molecule is Oc1ccc(C(CCl)c2ccc(O)c(Cl)c2)cc1. The summed E-state index contributed by atoms with van der Waals surface area (Å²) in [5.41, 5.74) is 1.92. The second-order valence-electron chi connectivity index (χ2n) is 4.01. The zero-order chi connectivity index (χ0) is 13.1. The number of alkyl halides is 1. The van der Waals surface area contributed by atoms with Crippen LogP contribution in [-0.2, 0) is 0 Å². The third-order valence-electron chi connectivity index (χ3n) is 2.82. The maximum absolute atomic E-state index is 9.41. The van der Waals surface area contributed by atoms with Crippen LogP contribution < -0.4 is 0 Å². The Hall–Kier alpha value is -1.38. The van der Waals surface area contributed by atoms with Crippen molar-refractivity contribution >= 4 is 23.2 Å². The van der Waals surface area contributed by atoms with Gasteiger partial charge in [-0.1, -0.05) is 29.8 Å². The average molecular weight is 283 g/mol. The molecule has 0 heterocycles. The molecule has 0 aliphatic rings. The van der Waals surface area contributed by atoms with Crippen molar-refractivity contribution in [1.29, 1.82) is 0 Å². The summed E-state index contributed by atoms with van der Waals surface area (Å²) in [6.45, 7) is 0. The van der Waals surface area contributed by atoms with Crippen molar-refractivity contribution in [2.75, 3.05) is 5.88 Å². The topological polar surface area (TPSA) is 40.5 Å². The molecule has 2 rings (SSSR count). The number of benzene rings is 2. The number of halogens is 2. The van der Waals surface area contributed by atoms with Gasteiger partial charge in [-0.3, -0.25) is 0 Å². The molecule has 2 aromatic carbocycles. The van der Waals surface area contributed by atoms with E-state index >= 15 is 0 Å². The molecule has 2 aromatic rings. The van der Waals surface area contributed by atoms with Gasteiger partial charge in [0, 0.05) is 11.8 Å². The molecule has 2 N–H and O–H groups in total. The summed E-state index contributed by atoms with van der Waals surface area (Å²) in [5, 5.41) is 19.0. The Morgan fingerprint density at radius 3 is 2.11 bits per heavy atom. The Labute approximate surface area is 115 Å². The Kier molecular flexibility index (Phi) is 4.00. The molecule has 0 radical (unpaired) electrons. The fourth-order valence-electron chi connectivity index (χ4n) is 1.82. The van der Waals surface area contributed by atoms with Gasteiger partial charge in [-0.25, -0.2) is 0 Å². The van der Waals surface area contributed by atoms with Crippen molar-refractivity contribution in [3.8, 4) is 11.5 Å². The Balaban J connectivity index is 2.38. The van der Waals surface area contributed by atoms with Crippen LogP contribution in [0.15, 0.2) is 42.5 Å².